The largest absolute Gasteiger partial charge is 0.490 e. The van der Waals surface area contributed by atoms with Crippen LogP contribution in [0.15, 0.2) is 53.8 Å². The summed E-state index contributed by atoms with van der Waals surface area (Å²) >= 11 is 1.45. The first-order valence-electron chi connectivity index (χ1n) is 10.5. The molecular weight excluding hydrogens is 434 g/mol. The van der Waals surface area contributed by atoms with E-state index >= 15 is 0 Å². The summed E-state index contributed by atoms with van der Waals surface area (Å²) in [5.74, 6) is 1.81. The average Bonchev–Trinajstić information content (AvgIpc) is 2.84. The zero-order valence-corrected chi connectivity index (χ0v) is 19.2. The van der Waals surface area contributed by atoms with Gasteiger partial charge in [0.1, 0.15) is 40.4 Å². The van der Waals surface area contributed by atoms with Gasteiger partial charge in [-0.15, -0.1) is 11.8 Å². The normalized spacial score (nSPS) is 16.8. The molecule has 0 unspecified atom stereocenters. The Morgan fingerprint density at radius 3 is 2.45 bits per heavy atom. The number of benzene rings is 1. The lowest BCUT2D eigenvalue weighted by atomic mass is 9.92. The average molecular weight is 458 g/mol. The summed E-state index contributed by atoms with van der Waals surface area (Å²) in [6.45, 7) is 0. The van der Waals surface area contributed by atoms with E-state index < -0.39 is 0 Å². The fourth-order valence-corrected chi connectivity index (χ4v) is 4.61. The van der Waals surface area contributed by atoms with Crippen LogP contribution in [-0.4, -0.2) is 36.3 Å². The third-order valence-electron chi connectivity index (χ3n) is 5.55. The van der Waals surface area contributed by atoms with Crippen molar-refractivity contribution in [3.8, 4) is 29.0 Å². The van der Waals surface area contributed by atoms with E-state index in [2.05, 4.69) is 27.4 Å². The Morgan fingerprint density at radius 1 is 1.09 bits per heavy atom. The van der Waals surface area contributed by atoms with Crippen LogP contribution in [0.3, 0.4) is 0 Å². The van der Waals surface area contributed by atoms with Crippen molar-refractivity contribution in [1.29, 1.82) is 10.5 Å². The van der Waals surface area contributed by atoms with E-state index in [4.69, 9.17) is 9.47 Å². The Hall–Kier alpha value is -3.59. The lowest BCUT2D eigenvalue weighted by Gasteiger charge is -2.34. The van der Waals surface area contributed by atoms with Gasteiger partial charge in [0.15, 0.2) is 0 Å². The molecule has 1 N–H and O–H groups in total. The van der Waals surface area contributed by atoms with Crippen molar-refractivity contribution >= 4 is 17.6 Å². The molecule has 0 bridgehead atoms. The highest BCUT2D eigenvalue weighted by molar-refractivity contribution is 7.98. The summed E-state index contributed by atoms with van der Waals surface area (Å²) in [6, 6.07) is 15.9. The quantitative estimate of drug-likeness (QED) is 0.482. The zero-order valence-electron chi connectivity index (χ0n) is 18.4. The molecule has 8 heteroatoms. The van der Waals surface area contributed by atoms with Gasteiger partial charge in [-0.3, -0.25) is 4.98 Å². The Kier molecular flexibility index (Phi) is 7.09. The molecule has 2 aromatic heterocycles. The summed E-state index contributed by atoms with van der Waals surface area (Å²) in [5.41, 5.74) is 3.09. The standard InChI is InChI=1S/C25H23N5O2S/c1-28-24-21(12-26)23(17-5-7-18(8-6-17)32-20-10-19(11-20)31-2)22(13-27)25(30-24)33-15-16-4-3-9-29-14-16/h3-9,14,19-20H,10-11,15H2,1-2H3,(H,28,30). The molecule has 1 saturated carbocycles. The van der Waals surface area contributed by atoms with Gasteiger partial charge in [0, 0.05) is 50.7 Å². The monoisotopic (exact) mass is 457 g/mol. The number of nitriles is 2. The Bertz CT molecular complexity index is 1200. The summed E-state index contributed by atoms with van der Waals surface area (Å²) in [6.07, 6.45) is 5.69. The Balaban J connectivity index is 1.66. The van der Waals surface area contributed by atoms with E-state index in [1.807, 2.05) is 36.4 Å². The molecule has 0 amide bonds. The lowest BCUT2D eigenvalue weighted by Crippen LogP contribution is -2.38. The molecule has 3 aromatic rings. The van der Waals surface area contributed by atoms with Crippen molar-refractivity contribution in [3.05, 3.63) is 65.5 Å². The van der Waals surface area contributed by atoms with E-state index in [0.29, 0.717) is 33.3 Å². The van der Waals surface area contributed by atoms with Crippen LogP contribution in [0, 0.1) is 22.7 Å². The Labute approximate surface area is 197 Å². The number of thioether (sulfide) groups is 1. The molecule has 1 aliphatic carbocycles. The molecule has 4 rings (SSSR count). The number of anilines is 1. The fraction of sp³-hybridized carbons (Fsp3) is 0.280. The van der Waals surface area contributed by atoms with E-state index in [1.54, 1.807) is 26.6 Å². The van der Waals surface area contributed by atoms with Crippen LogP contribution >= 0.6 is 11.8 Å². The molecule has 1 aliphatic rings. The third-order valence-corrected chi connectivity index (χ3v) is 6.60. The van der Waals surface area contributed by atoms with Gasteiger partial charge < -0.3 is 14.8 Å². The number of rotatable bonds is 8. The van der Waals surface area contributed by atoms with Crippen LogP contribution in [0.1, 0.15) is 29.5 Å². The van der Waals surface area contributed by atoms with E-state index in [1.165, 1.54) is 11.8 Å². The highest BCUT2D eigenvalue weighted by Crippen LogP contribution is 2.38. The van der Waals surface area contributed by atoms with Crippen molar-refractivity contribution < 1.29 is 9.47 Å². The first kappa shape index (κ1) is 22.6. The number of hydrogen-bond donors (Lipinski definition) is 1. The van der Waals surface area contributed by atoms with Gasteiger partial charge in [-0.1, -0.05) is 18.2 Å². The summed E-state index contributed by atoms with van der Waals surface area (Å²) < 4.78 is 11.3. The molecule has 0 saturated heterocycles. The predicted molar refractivity (Wildman–Crippen MR) is 127 cm³/mol. The van der Waals surface area contributed by atoms with Gasteiger partial charge in [0.25, 0.3) is 0 Å². The first-order valence-corrected chi connectivity index (χ1v) is 11.5. The third kappa shape index (κ3) is 4.93. The van der Waals surface area contributed by atoms with E-state index in [-0.39, 0.29) is 12.2 Å². The van der Waals surface area contributed by atoms with Crippen molar-refractivity contribution in [2.24, 2.45) is 0 Å². The highest BCUT2D eigenvalue weighted by Gasteiger charge is 2.30. The van der Waals surface area contributed by atoms with Crippen molar-refractivity contribution in [1.82, 2.24) is 9.97 Å². The molecule has 1 aromatic carbocycles. The van der Waals surface area contributed by atoms with Gasteiger partial charge in [0.2, 0.25) is 0 Å². The number of hydrogen-bond acceptors (Lipinski definition) is 8. The maximum atomic E-state index is 10.0. The lowest BCUT2D eigenvalue weighted by molar-refractivity contribution is -0.0380. The van der Waals surface area contributed by atoms with Crippen LogP contribution in [0.4, 0.5) is 5.82 Å². The second kappa shape index (κ2) is 10.4. The molecule has 7 nitrogen and oxygen atoms in total. The molecule has 0 atom stereocenters. The van der Waals surface area contributed by atoms with Gasteiger partial charge >= 0.3 is 0 Å². The molecule has 1 fully saturated rings. The molecule has 2 heterocycles. The van der Waals surface area contributed by atoms with Gasteiger partial charge in [-0.2, -0.15) is 10.5 Å². The minimum absolute atomic E-state index is 0.150. The Morgan fingerprint density at radius 2 is 1.85 bits per heavy atom. The summed E-state index contributed by atoms with van der Waals surface area (Å²) in [5, 5.41) is 23.5. The molecule has 0 spiro atoms. The van der Waals surface area contributed by atoms with Crippen molar-refractivity contribution in [2.45, 2.75) is 35.8 Å². The minimum Gasteiger partial charge on any atom is -0.490 e. The molecular formula is C25H23N5O2S. The molecule has 0 aliphatic heterocycles. The van der Waals surface area contributed by atoms with Crippen LogP contribution in [0.2, 0.25) is 0 Å². The number of aromatic nitrogens is 2. The first-order chi connectivity index (χ1) is 16.2. The number of methoxy groups -OCH3 is 1. The van der Waals surface area contributed by atoms with Crippen molar-refractivity contribution in [2.75, 3.05) is 19.5 Å². The smallest absolute Gasteiger partial charge is 0.145 e. The minimum atomic E-state index is 0.150. The van der Waals surface area contributed by atoms with Crippen LogP contribution in [0.25, 0.3) is 11.1 Å². The van der Waals surface area contributed by atoms with E-state index in [9.17, 15) is 10.5 Å². The van der Waals surface area contributed by atoms with E-state index in [0.717, 1.165) is 29.7 Å². The van der Waals surface area contributed by atoms with Gasteiger partial charge in [-0.25, -0.2) is 4.98 Å². The fourth-order valence-electron chi connectivity index (χ4n) is 3.68. The SMILES string of the molecule is CNc1nc(SCc2cccnc2)c(C#N)c(-c2ccc(OC3CC(OC)C3)cc2)c1C#N. The topological polar surface area (TPSA) is 104 Å². The van der Waals surface area contributed by atoms with Crippen LogP contribution in [0.5, 0.6) is 5.75 Å². The van der Waals surface area contributed by atoms with Crippen molar-refractivity contribution in [3.63, 3.8) is 0 Å². The van der Waals surface area contributed by atoms with Crippen LogP contribution < -0.4 is 10.1 Å². The predicted octanol–water partition coefficient (Wildman–Crippen LogP) is 4.78. The zero-order chi connectivity index (χ0) is 23.2. The van der Waals surface area contributed by atoms with Gasteiger partial charge in [-0.05, 0) is 29.3 Å². The second-order valence-electron chi connectivity index (χ2n) is 7.61. The molecule has 0 radical (unpaired) electrons. The summed E-state index contributed by atoms with van der Waals surface area (Å²) in [7, 11) is 3.43. The molecule has 166 valence electrons. The molecule has 33 heavy (non-hydrogen) atoms. The van der Waals surface area contributed by atoms with Crippen LogP contribution in [-0.2, 0) is 10.5 Å². The number of ether oxygens (including phenoxy) is 2. The second-order valence-corrected chi connectivity index (χ2v) is 8.57. The number of nitrogens with zero attached hydrogens (tertiary/aromatic N) is 4. The number of pyridine rings is 2. The maximum absolute atomic E-state index is 10.0. The maximum Gasteiger partial charge on any atom is 0.145 e. The van der Waals surface area contributed by atoms with Gasteiger partial charge in [0.05, 0.1) is 11.7 Å². The summed E-state index contributed by atoms with van der Waals surface area (Å²) in [4.78, 5) is 8.72. The number of nitrogens with one attached hydrogen (secondary N) is 1. The highest BCUT2D eigenvalue weighted by atomic mass is 32.2.